The van der Waals surface area contributed by atoms with Crippen molar-refractivity contribution in [3.05, 3.63) is 0 Å². The van der Waals surface area contributed by atoms with E-state index < -0.39 is 0 Å². The zero-order chi connectivity index (χ0) is 15.2. The first-order chi connectivity index (χ1) is 10.1. The minimum Gasteiger partial charge on any atom is -0.394 e. The average Bonchev–Trinajstić information content (AvgIpc) is 2.99. The topological polar surface area (TPSA) is 86.2 Å². The number of hydrogen-bond donors (Lipinski definition) is 3. The quantitative estimate of drug-likeness (QED) is 0.699. The number of nitrogens with zero attached hydrogens (tertiary/aromatic N) is 4. The Morgan fingerprint density at radius 2 is 1.81 bits per heavy atom. The van der Waals surface area contributed by atoms with Gasteiger partial charge in [-0.1, -0.05) is 13.8 Å². The van der Waals surface area contributed by atoms with E-state index in [2.05, 4.69) is 44.3 Å². The van der Waals surface area contributed by atoms with Crippen molar-refractivity contribution in [2.24, 2.45) is 5.92 Å². The van der Waals surface area contributed by atoms with Crippen LogP contribution >= 0.6 is 0 Å². The highest BCUT2D eigenvalue weighted by Crippen LogP contribution is 2.19. The maximum Gasteiger partial charge on any atom is 0.231 e. The van der Waals surface area contributed by atoms with Crippen LogP contribution in [0.3, 0.4) is 0 Å². The number of aliphatic hydroxyl groups is 1. The molecule has 21 heavy (non-hydrogen) atoms. The second kappa shape index (κ2) is 7.40. The summed E-state index contributed by atoms with van der Waals surface area (Å²) in [5.41, 5.74) is 0. The Balaban J connectivity index is 2.22. The number of hydrogen-bond acceptors (Lipinski definition) is 7. The summed E-state index contributed by atoms with van der Waals surface area (Å²) in [6, 6.07) is -0.0618. The smallest absolute Gasteiger partial charge is 0.231 e. The summed E-state index contributed by atoms with van der Waals surface area (Å²) in [7, 11) is 0. The van der Waals surface area contributed by atoms with E-state index in [-0.39, 0.29) is 12.6 Å². The number of aliphatic hydroxyl groups excluding tert-OH is 1. The molecule has 7 nitrogen and oxygen atoms in total. The van der Waals surface area contributed by atoms with Gasteiger partial charge in [0.05, 0.1) is 12.6 Å². The van der Waals surface area contributed by atoms with Gasteiger partial charge in [-0.3, -0.25) is 0 Å². The number of anilines is 3. The molecule has 0 saturated carbocycles. The Hall–Kier alpha value is -1.63. The van der Waals surface area contributed by atoms with Gasteiger partial charge in [-0.2, -0.15) is 15.0 Å². The molecule has 7 heteroatoms. The zero-order valence-corrected chi connectivity index (χ0v) is 13.1. The molecule has 1 atom stereocenters. The normalized spacial score (nSPS) is 16.3. The summed E-state index contributed by atoms with van der Waals surface area (Å²) < 4.78 is 0. The van der Waals surface area contributed by atoms with Crippen LogP contribution in [-0.2, 0) is 0 Å². The van der Waals surface area contributed by atoms with Crippen molar-refractivity contribution in [1.29, 1.82) is 0 Å². The molecule has 2 heterocycles. The second-order valence-electron chi connectivity index (χ2n) is 5.68. The van der Waals surface area contributed by atoms with Gasteiger partial charge >= 0.3 is 0 Å². The molecular weight excluding hydrogens is 268 g/mol. The van der Waals surface area contributed by atoms with Gasteiger partial charge in [0.1, 0.15) is 0 Å². The number of nitrogens with one attached hydrogen (secondary N) is 2. The molecule has 1 aliphatic heterocycles. The fourth-order valence-corrected chi connectivity index (χ4v) is 2.31. The lowest BCUT2D eigenvalue weighted by Gasteiger charge is -2.22. The lowest BCUT2D eigenvalue weighted by atomic mass is 10.1. The Bertz CT molecular complexity index is 447. The van der Waals surface area contributed by atoms with Crippen LogP contribution in [0, 0.1) is 5.92 Å². The fourth-order valence-electron chi connectivity index (χ4n) is 2.31. The van der Waals surface area contributed by atoms with E-state index in [1.165, 1.54) is 12.8 Å². The maximum absolute atomic E-state index is 9.45. The predicted molar refractivity (Wildman–Crippen MR) is 84.8 cm³/mol. The third-order valence-corrected chi connectivity index (χ3v) is 3.66. The first kappa shape index (κ1) is 15.8. The van der Waals surface area contributed by atoms with Crippen LogP contribution in [0.4, 0.5) is 17.8 Å². The van der Waals surface area contributed by atoms with E-state index in [1.807, 2.05) is 6.92 Å². The molecular formula is C14H26N6O. The summed E-state index contributed by atoms with van der Waals surface area (Å²) >= 11 is 0. The van der Waals surface area contributed by atoms with Crippen molar-refractivity contribution in [2.45, 2.75) is 39.7 Å². The van der Waals surface area contributed by atoms with Crippen LogP contribution in [0.15, 0.2) is 0 Å². The molecule has 1 aromatic rings. The summed E-state index contributed by atoms with van der Waals surface area (Å²) in [4.78, 5) is 15.5. The van der Waals surface area contributed by atoms with Gasteiger partial charge < -0.3 is 20.6 Å². The standard InChI is InChI=1S/C14H26N6O/c1-4-15-12-17-13(16-11(9-21)10(2)3)19-14(18-12)20-7-5-6-8-20/h10-11,21H,4-9H2,1-3H3,(H2,15,16,17,18,19)/t11-/m1/s1. The Labute approximate surface area is 126 Å². The van der Waals surface area contributed by atoms with Gasteiger partial charge in [0.25, 0.3) is 0 Å². The first-order valence-electron chi connectivity index (χ1n) is 7.76. The Morgan fingerprint density at radius 3 is 2.38 bits per heavy atom. The predicted octanol–water partition coefficient (Wildman–Crippen LogP) is 1.33. The van der Waals surface area contributed by atoms with E-state index in [0.717, 1.165) is 19.6 Å². The molecule has 0 amide bonds. The molecule has 2 rings (SSSR count). The molecule has 0 radical (unpaired) electrons. The van der Waals surface area contributed by atoms with Gasteiger partial charge in [0.15, 0.2) is 0 Å². The summed E-state index contributed by atoms with van der Waals surface area (Å²) in [6.07, 6.45) is 2.35. The van der Waals surface area contributed by atoms with Crippen molar-refractivity contribution in [1.82, 2.24) is 15.0 Å². The van der Waals surface area contributed by atoms with Crippen LogP contribution in [0.1, 0.15) is 33.6 Å². The Morgan fingerprint density at radius 1 is 1.14 bits per heavy atom. The SMILES string of the molecule is CCNc1nc(N[C@H](CO)C(C)C)nc(N2CCCC2)n1. The van der Waals surface area contributed by atoms with E-state index in [0.29, 0.717) is 23.8 Å². The largest absolute Gasteiger partial charge is 0.394 e. The van der Waals surface area contributed by atoms with Crippen molar-refractivity contribution < 1.29 is 5.11 Å². The van der Waals surface area contributed by atoms with E-state index in [9.17, 15) is 5.11 Å². The molecule has 0 aromatic carbocycles. The lowest BCUT2D eigenvalue weighted by Crippen LogP contribution is -2.31. The highest BCUT2D eigenvalue weighted by atomic mass is 16.3. The van der Waals surface area contributed by atoms with Gasteiger partial charge in [-0.15, -0.1) is 0 Å². The monoisotopic (exact) mass is 294 g/mol. The first-order valence-corrected chi connectivity index (χ1v) is 7.76. The average molecular weight is 294 g/mol. The van der Waals surface area contributed by atoms with Crippen molar-refractivity contribution in [3.8, 4) is 0 Å². The van der Waals surface area contributed by atoms with E-state index >= 15 is 0 Å². The molecule has 3 N–H and O–H groups in total. The van der Waals surface area contributed by atoms with Crippen LogP contribution in [-0.4, -0.2) is 52.3 Å². The van der Waals surface area contributed by atoms with Gasteiger partial charge in [-0.25, -0.2) is 0 Å². The minimum absolute atomic E-state index is 0.0545. The lowest BCUT2D eigenvalue weighted by molar-refractivity contribution is 0.248. The highest BCUT2D eigenvalue weighted by Gasteiger charge is 2.19. The highest BCUT2D eigenvalue weighted by molar-refractivity contribution is 5.44. The molecule has 0 spiro atoms. The molecule has 0 bridgehead atoms. The van der Waals surface area contributed by atoms with Crippen LogP contribution in [0.5, 0.6) is 0 Å². The third-order valence-electron chi connectivity index (χ3n) is 3.66. The summed E-state index contributed by atoms with van der Waals surface area (Å²) in [5.74, 6) is 2.11. The van der Waals surface area contributed by atoms with E-state index in [4.69, 9.17) is 0 Å². The molecule has 0 unspecified atom stereocenters. The Kier molecular flexibility index (Phi) is 5.55. The molecule has 0 aliphatic carbocycles. The van der Waals surface area contributed by atoms with Gasteiger partial charge in [0, 0.05) is 19.6 Å². The number of rotatable bonds is 7. The molecule has 1 aromatic heterocycles. The van der Waals surface area contributed by atoms with Crippen LogP contribution in [0.2, 0.25) is 0 Å². The summed E-state index contributed by atoms with van der Waals surface area (Å²) in [6.45, 7) is 8.92. The second-order valence-corrected chi connectivity index (χ2v) is 5.68. The molecule has 1 saturated heterocycles. The minimum atomic E-state index is -0.0618. The molecule has 1 aliphatic rings. The zero-order valence-electron chi connectivity index (χ0n) is 13.1. The van der Waals surface area contributed by atoms with Gasteiger partial charge in [-0.05, 0) is 25.7 Å². The van der Waals surface area contributed by atoms with Crippen molar-refractivity contribution in [2.75, 3.05) is 41.8 Å². The molecule has 118 valence electrons. The maximum atomic E-state index is 9.45. The third kappa shape index (κ3) is 4.17. The number of aromatic nitrogens is 3. The van der Waals surface area contributed by atoms with E-state index in [1.54, 1.807) is 0 Å². The fraction of sp³-hybridized carbons (Fsp3) is 0.786. The molecule has 1 fully saturated rings. The summed E-state index contributed by atoms with van der Waals surface area (Å²) in [5, 5.41) is 15.8. The van der Waals surface area contributed by atoms with Crippen LogP contribution in [0.25, 0.3) is 0 Å². The van der Waals surface area contributed by atoms with Crippen LogP contribution < -0.4 is 15.5 Å². The van der Waals surface area contributed by atoms with Crippen molar-refractivity contribution >= 4 is 17.8 Å². The van der Waals surface area contributed by atoms with Crippen molar-refractivity contribution in [3.63, 3.8) is 0 Å². The van der Waals surface area contributed by atoms with Gasteiger partial charge in [0.2, 0.25) is 17.8 Å².